The summed E-state index contributed by atoms with van der Waals surface area (Å²) in [7, 11) is 0. The minimum absolute atomic E-state index is 0.163. The molecule has 6 nitrogen and oxygen atoms in total. The lowest BCUT2D eigenvalue weighted by atomic mass is 9.93. The van der Waals surface area contributed by atoms with E-state index in [1.165, 1.54) is 36.5 Å². The maximum atomic E-state index is 12.6. The van der Waals surface area contributed by atoms with Crippen LogP contribution in [-0.2, 0) is 26.5 Å². The van der Waals surface area contributed by atoms with Crippen molar-refractivity contribution in [3.05, 3.63) is 51.2 Å². The average molecular weight is 346 g/mol. The van der Waals surface area contributed by atoms with Gasteiger partial charge in [0.15, 0.2) is 0 Å². The third-order valence-corrected chi connectivity index (χ3v) is 4.82. The summed E-state index contributed by atoms with van der Waals surface area (Å²) >= 11 is 1.34. The van der Waals surface area contributed by atoms with E-state index in [0.29, 0.717) is 10.4 Å². The molecule has 0 radical (unpaired) electrons. The number of rotatable bonds is 3. The van der Waals surface area contributed by atoms with Crippen molar-refractivity contribution in [1.29, 1.82) is 0 Å². The Kier molecular flexibility index (Phi) is 3.88. The molecular weight excluding hydrogens is 332 g/mol. The normalized spacial score (nSPS) is 15.3. The van der Waals surface area contributed by atoms with Crippen LogP contribution in [0.15, 0.2) is 29.6 Å². The van der Waals surface area contributed by atoms with Crippen LogP contribution in [0.1, 0.15) is 40.2 Å². The molecule has 0 fully saturated rings. The highest BCUT2D eigenvalue weighted by atomic mass is 32.1. The molecule has 1 unspecified atom stereocenters. The zero-order valence-corrected chi connectivity index (χ0v) is 13.8. The van der Waals surface area contributed by atoms with Gasteiger partial charge in [-0.25, -0.2) is 4.79 Å². The van der Waals surface area contributed by atoms with Crippen LogP contribution in [0.2, 0.25) is 0 Å². The minimum Gasteiger partial charge on any atom is -0.488 e. The highest BCUT2D eigenvalue weighted by molar-refractivity contribution is 7.12. The van der Waals surface area contributed by atoms with E-state index in [4.69, 9.17) is 9.47 Å². The predicted octanol–water partition coefficient (Wildman–Crippen LogP) is 2.73. The lowest BCUT2D eigenvalue weighted by Crippen LogP contribution is -2.37. The third kappa shape index (κ3) is 2.56. The Hall–Kier alpha value is -2.67. The highest BCUT2D eigenvalue weighted by Crippen LogP contribution is 2.35. The molecule has 2 aromatic rings. The molecule has 1 atom stereocenters. The standard InChI is InChI=1S/C17H14O6S/c1-9(18)23-17(2,16(20)21)11-3-4-12-13(7-11)22-8-10-5-6-24-15(10)14(12)19/h3-7H,8H2,1-2H3,(H,20,21). The second-order valence-corrected chi connectivity index (χ2v) is 6.45. The quantitative estimate of drug-likeness (QED) is 0.860. The first-order chi connectivity index (χ1) is 11.3. The van der Waals surface area contributed by atoms with Crippen molar-refractivity contribution in [2.75, 3.05) is 0 Å². The molecule has 0 aliphatic carbocycles. The average Bonchev–Trinajstić information content (AvgIpc) is 2.95. The number of hydrogen-bond acceptors (Lipinski definition) is 6. The second kappa shape index (κ2) is 5.76. The molecule has 0 saturated heterocycles. The van der Waals surface area contributed by atoms with Crippen LogP contribution in [0.4, 0.5) is 0 Å². The van der Waals surface area contributed by atoms with Crippen molar-refractivity contribution in [1.82, 2.24) is 0 Å². The van der Waals surface area contributed by atoms with E-state index in [1.807, 2.05) is 11.4 Å². The fourth-order valence-electron chi connectivity index (χ4n) is 2.57. The first-order valence-corrected chi connectivity index (χ1v) is 8.02. The number of carbonyl (C=O) groups excluding carboxylic acids is 2. The van der Waals surface area contributed by atoms with Crippen molar-refractivity contribution in [2.45, 2.75) is 26.1 Å². The molecule has 0 bridgehead atoms. The zero-order valence-electron chi connectivity index (χ0n) is 13.0. The summed E-state index contributed by atoms with van der Waals surface area (Å²) in [6.07, 6.45) is 0. The largest absolute Gasteiger partial charge is 0.488 e. The smallest absolute Gasteiger partial charge is 0.352 e. The Morgan fingerprint density at radius 1 is 1.33 bits per heavy atom. The molecular formula is C17H14O6S. The third-order valence-electron chi connectivity index (χ3n) is 3.87. The number of aliphatic carboxylic acids is 1. The lowest BCUT2D eigenvalue weighted by molar-refractivity contribution is -0.176. The number of carbonyl (C=O) groups is 3. The van der Waals surface area contributed by atoms with Crippen molar-refractivity contribution in [3.63, 3.8) is 0 Å². The van der Waals surface area contributed by atoms with Gasteiger partial charge in [-0.3, -0.25) is 9.59 Å². The molecule has 1 aromatic carbocycles. The van der Waals surface area contributed by atoms with Crippen LogP contribution in [0, 0.1) is 0 Å². The van der Waals surface area contributed by atoms with Gasteiger partial charge in [-0.2, -0.15) is 0 Å². The monoisotopic (exact) mass is 346 g/mol. The Morgan fingerprint density at radius 3 is 2.75 bits per heavy atom. The zero-order chi connectivity index (χ0) is 17.5. The lowest BCUT2D eigenvalue weighted by Gasteiger charge is -2.25. The summed E-state index contributed by atoms with van der Waals surface area (Å²) < 4.78 is 10.7. The number of carboxylic acids is 1. The van der Waals surface area contributed by atoms with E-state index >= 15 is 0 Å². The summed E-state index contributed by atoms with van der Waals surface area (Å²) in [5, 5.41) is 11.3. The molecule has 2 heterocycles. The minimum atomic E-state index is -1.86. The van der Waals surface area contributed by atoms with Gasteiger partial charge < -0.3 is 14.6 Å². The number of benzene rings is 1. The van der Waals surface area contributed by atoms with Crippen molar-refractivity contribution in [3.8, 4) is 5.75 Å². The molecule has 1 aliphatic rings. The molecule has 0 amide bonds. The molecule has 124 valence electrons. The van der Waals surface area contributed by atoms with E-state index in [1.54, 1.807) is 0 Å². The Morgan fingerprint density at radius 2 is 2.08 bits per heavy atom. The van der Waals surface area contributed by atoms with Crippen LogP contribution < -0.4 is 4.74 Å². The van der Waals surface area contributed by atoms with Gasteiger partial charge in [0.25, 0.3) is 0 Å². The fraction of sp³-hybridized carbons (Fsp3) is 0.235. The number of fused-ring (bicyclic) bond motifs is 2. The van der Waals surface area contributed by atoms with Gasteiger partial charge in [0, 0.05) is 18.1 Å². The molecule has 1 aromatic heterocycles. The highest BCUT2D eigenvalue weighted by Gasteiger charge is 2.40. The van der Waals surface area contributed by atoms with E-state index in [0.717, 1.165) is 12.5 Å². The number of ether oxygens (including phenoxy) is 2. The number of ketones is 1. The summed E-state index contributed by atoms with van der Waals surface area (Å²) in [4.78, 5) is 36.1. The first-order valence-electron chi connectivity index (χ1n) is 7.14. The molecule has 3 rings (SSSR count). The number of hydrogen-bond donors (Lipinski definition) is 1. The second-order valence-electron chi connectivity index (χ2n) is 5.54. The van der Waals surface area contributed by atoms with Crippen molar-refractivity contribution >= 4 is 29.1 Å². The van der Waals surface area contributed by atoms with Crippen LogP contribution in [-0.4, -0.2) is 22.8 Å². The fourth-order valence-corrected chi connectivity index (χ4v) is 3.43. The van der Waals surface area contributed by atoms with Crippen LogP contribution in [0.3, 0.4) is 0 Å². The molecule has 0 spiro atoms. The Labute approximate surface area is 141 Å². The summed E-state index contributed by atoms with van der Waals surface area (Å²) in [6, 6.07) is 6.24. The van der Waals surface area contributed by atoms with Gasteiger partial charge >= 0.3 is 11.9 Å². The van der Waals surface area contributed by atoms with E-state index < -0.39 is 17.5 Å². The topological polar surface area (TPSA) is 89.9 Å². The number of thiophene rings is 1. The van der Waals surface area contributed by atoms with Crippen molar-refractivity contribution < 1.29 is 29.0 Å². The maximum Gasteiger partial charge on any atom is 0.352 e. The van der Waals surface area contributed by atoms with Crippen LogP contribution in [0.25, 0.3) is 0 Å². The molecule has 0 saturated carbocycles. The van der Waals surface area contributed by atoms with Crippen LogP contribution in [0.5, 0.6) is 5.75 Å². The predicted molar refractivity (Wildman–Crippen MR) is 85.3 cm³/mol. The van der Waals surface area contributed by atoms with E-state index in [2.05, 4.69) is 0 Å². The summed E-state index contributed by atoms with van der Waals surface area (Å²) in [5.41, 5.74) is -0.481. The van der Waals surface area contributed by atoms with E-state index in [-0.39, 0.29) is 23.7 Å². The summed E-state index contributed by atoms with van der Waals surface area (Å²) in [5.74, 6) is -1.91. The Balaban J connectivity index is 2.07. The molecule has 7 heteroatoms. The van der Waals surface area contributed by atoms with Gasteiger partial charge in [0.2, 0.25) is 11.4 Å². The van der Waals surface area contributed by atoms with Crippen LogP contribution >= 0.6 is 11.3 Å². The summed E-state index contributed by atoms with van der Waals surface area (Å²) in [6.45, 7) is 2.65. The SMILES string of the molecule is CC(=O)OC(C)(C(=O)O)c1ccc2c(c1)OCc1ccsc1C2=O. The first kappa shape index (κ1) is 16.2. The van der Waals surface area contributed by atoms with Gasteiger partial charge in [0.05, 0.1) is 10.4 Å². The Bertz CT molecular complexity index is 853. The molecule has 24 heavy (non-hydrogen) atoms. The van der Waals surface area contributed by atoms with Gasteiger partial charge in [-0.1, -0.05) is 6.07 Å². The van der Waals surface area contributed by atoms with Gasteiger partial charge in [0.1, 0.15) is 12.4 Å². The maximum absolute atomic E-state index is 12.6. The van der Waals surface area contributed by atoms with E-state index in [9.17, 15) is 19.5 Å². The number of esters is 1. The van der Waals surface area contributed by atoms with Gasteiger partial charge in [-0.05, 0) is 30.5 Å². The molecule has 1 N–H and O–H groups in total. The molecule has 1 aliphatic heterocycles. The van der Waals surface area contributed by atoms with Crippen molar-refractivity contribution in [2.24, 2.45) is 0 Å². The number of carboxylic acid groups (broad SMARTS) is 1. The van der Waals surface area contributed by atoms with Gasteiger partial charge in [-0.15, -0.1) is 11.3 Å².